The number of hydrogen-bond acceptors (Lipinski definition) is 5. The Bertz CT molecular complexity index is 1530. The van der Waals surface area contributed by atoms with Gasteiger partial charge < -0.3 is 5.32 Å². The van der Waals surface area contributed by atoms with E-state index in [1.807, 2.05) is 27.7 Å². The molecule has 0 aliphatic heterocycles. The van der Waals surface area contributed by atoms with Crippen LogP contribution in [0, 0.1) is 13.8 Å². The van der Waals surface area contributed by atoms with Crippen molar-refractivity contribution in [2.75, 3.05) is 16.2 Å². The zero-order valence-electron chi connectivity index (χ0n) is 20.0. The Balaban J connectivity index is 1.64. The fraction of sp³-hybridized carbons (Fsp3) is 0.231. The van der Waals surface area contributed by atoms with E-state index < -0.39 is 22.5 Å². The number of aryl methyl sites for hydroxylation is 2. The maximum atomic E-state index is 13.5. The molecule has 0 radical (unpaired) electrons. The number of anilines is 2. The Morgan fingerprint density at radius 1 is 0.971 bits per heavy atom. The van der Waals surface area contributed by atoms with E-state index in [2.05, 4.69) is 5.32 Å². The molecule has 3 aromatic carbocycles. The monoisotopic (exact) mass is 509 g/mol. The molecule has 1 amide bonds. The molecule has 0 aliphatic carbocycles. The first-order chi connectivity index (χ1) is 16.6. The molecule has 4 aromatic rings. The van der Waals surface area contributed by atoms with E-state index in [4.69, 9.17) is 0 Å². The van der Waals surface area contributed by atoms with Crippen LogP contribution >= 0.6 is 11.3 Å². The Morgan fingerprint density at radius 2 is 1.57 bits per heavy atom. The smallest absolute Gasteiger partial charge is 0.308 e. The van der Waals surface area contributed by atoms with Gasteiger partial charge in [-0.1, -0.05) is 46.7 Å². The van der Waals surface area contributed by atoms with Gasteiger partial charge in [-0.2, -0.15) is 0 Å². The van der Waals surface area contributed by atoms with Crippen LogP contribution in [0.15, 0.2) is 76.4 Å². The Morgan fingerprint density at radius 3 is 2.17 bits per heavy atom. The summed E-state index contributed by atoms with van der Waals surface area (Å²) < 4.78 is 30.6. The van der Waals surface area contributed by atoms with Gasteiger partial charge in [0, 0.05) is 11.7 Å². The van der Waals surface area contributed by atoms with Crippen LogP contribution in [-0.2, 0) is 14.8 Å². The summed E-state index contributed by atoms with van der Waals surface area (Å²) in [5.74, 6) is -0.490. The second-order valence-corrected chi connectivity index (χ2v) is 11.6. The van der Waals surface area contributed by atoms with E-state index in [-0.39, 0.29) is 15.8 Å². The molecular weight excluding hydrogens is 482 g/mol. The normalized spacial score (nSPS) is 11.7. The highest BCUT2D eigenvalue weighted by molar-refractivity contribution is 7.92. The van der Waals surface area contributed by atoms with Gasteiger partial charge in [0.25, 0.3) is 10.0 Å². The predicted octanol–water partition coefficient (Wildman–Crippen LogP) is 5.09. The predicted molar refractivity (Wildman–Crippen MR) is 142 cm³/mol. The molecule has 9 heteroatoms. The molecule has 1 aromatic heterocycles. The Labute approximate surface area is 208 Å². The fourth-order valence-electron chi connectivity index (χ4n) is 3.80. The van der Waals surface area contributed by atoms with Crippen LogP contribution in [0.1, 0.15) is 31.0 Å². The number of benzene rings is 3. The number of nitrogens with one attached hydrogen (secondary N) is 1. The zero-order valence-corrected chi connectivity index (χ0v) is 21.6. The summed E-state index contributed by atoms with van der Waals surface area (Å²) in [5.41, 5.74) is 3.61. The molecule has 0 fully saturated rings. The minimum Gasteiger partial charge on any atom is -0.324 e. The van der Waals surface area contributed by atoms with Gasteiger partial charge in [0.1, 0.15) is 6.54 Å². The van der Waals surface area contributed by atoms with Crippen molar-refractivity contribution in [2.24, 2.45) is 0 Å². The quantitative estimate of drug-likeness (QED) is 0.376. The first-order valence-corrected chi connectivity index (χ1v) is 13.4. The van der Waals surface area contributed by atoms with Gasteiger partial charge in [0.05, 0.1) is 20.8 Å². The summed E-state index contributed by atoms with van der Waals surface area (Å²) in [7, 11) is -3.99. The van der Waals surface area contributed by atoms with Crippen LogP contribution in [0.4, 0.5) is 11.4 Å². The van der Waals surface area contributed by atoms with Crippen molar-refractivity contribution < 1.29 is 13.2 Å². The lowest BCUT2D eigenvalue weighted by molar-refractivity contribution is -0.114. The van der Waals surface area contributed by atoms with E-state index >= 15 is 0 Å². The lowest BCUT2D eigenvalue weighted by atomic mass is 10.2. The number of carbonyl (C=O) groups is 1. The van der Waals surface area contributed by atoms with Gasteiger partial charge in [-0.25, -0.2) is 8.42 Å². The maximum Gasteiger partial charge on any atom is 0.308 e. The zero-order chi connectivity index (χ0) is 25.3. The van der Waals surface area contributed by atoms with Crippen molar-refractivity contribution in [3.8, 4) is 0 Å². The van der Waals surface area contributed by atoms with Crippen LogP contribution in [0.2, 0.25) is 0 Å². The van der Waals surface area contributed by atoms with Gasteiger partial charge in [-0.15, -0.1) is 0 Å². The highest BCUT2D eigenvalue weighted by Gasteiger charge is 2.27. The van der Waals surface area contributed by atoms with Gasteiger partial charge in [-0.05, 0) is 70.2 Å². The summed E-state index contributed by atoms with van der Waals surface area (Å²) in [5, 5.41) is 2.79. The van der Waals surface area contributed by atoms with E-state index in [0.29, 0.717) is 11.4 Å². The fourth-order valence-corrected chi connectivity index (χ4v) is 6.27. The van der Waals surface area contributed by atoms with Gasteiger partial charge >= 0.3 is 4.87 Å². The number of fused-ring (bicyclic) bond motifs is 1. The Hall–Kier alpha value is -3.43. The molecule has 0 unspecified atom stereocenters. The van der Waals surface area contributed by atoms with Crippen LogP contribution in [-0.4, -0.2) is 25.4 Å². The number of carbonyl (C=O) groups excluding carboxylic acids is 1. The largest absolute Gasteiger partial charge is 0.324 e. The SMILES string of the molecule is Cc1ccc(N(CC(=O)Nc2ccc3c(c2)sc(=O)n3C(C)C)S(=O)(=O)c2ccc(C)cc2)cc1. The summed E-state index contributed by atoms with van der Waals surface area (Å²) in [6.45, 7) is 7.27. The Kier molecular flexibility index (Phi) is 6.82. The van der Waals surface area contributed by atoms with E-state index in [1.165, 1.54) is 0 Å². The highest BCUT2D eigenvalue weighted by Crippen LogP contribution is 2.26. The first kappa shape index (κ1) is 24.7. The summed E-state index contributed by atoms with van der Waals surface area (Å²) in [4.78, 5) is 25.4. The third-order valence-corrected chi connectivity index (χ3v) is 8.34. The average Bonchev–Trinajstić information content (AvgIpc) is 3.13. The van der Waals surface area contributed by atoms with Crippen LogP contribution in [0.25, 0.3) is 10.2 Å². The highest BCUT2D eigenvalue weighted by atomic mass is 32.2. The number of rotatable bonds is 7. The molecule has 0 atom stereocenters. The lowest BCUT2D eigenvalue weighted by Crippen LogP contribution is -2.38. The lowest BCUT2D eigenvalue weighted by Gasteiger charge is -2.24. The molecule has 1 N–H and O–H groups in total. The second-order valence-electron chi connectivity index (χ2n) is 8.72. The minimum atomic E-state index is -3.99. The molecule has 0 saturated carbocycles. The molecule has 35 heavy (non-hydrogen) atoms. The summed E-state index contributed by atoms with van der Waals surface area (Å²) in [6, 6.07) is 18.8. The minimum absolute atomic E-state index is 0.0201. The van der Waals surface area contributed by atoms with Gasteiger partial charge in [0.15, 0.2) is 0 Å². The number of nitrogens with zero attached hydrogens (tertiary/aromatic N) is 2. The van der Waals surface area contributed by atoms with Crippen molar-refractivity contribution in [1.82, 2.24) is 4.57 Å². The maximum absolute atomic E-state index is 13.5. The van der Waals surface area contributed by atoms with E-state index in [1.54, 1.807) is 71.3 Å². The van der Waals surface area contributed by atoms with E-state index in [9.17, 15) is 18.0 Å². The van der Waals surface area contributed by atoms with Crippen LogP contribution in [0.3, 0.4) is 0 Å². The summed E-state index contributed by atoms with van der Waals surface area (Å²) in [6.07, 6.45) is 0. The molecule has 182 valence electrons. The number of sulfonamides is 1. The molecule has 0 saturated heterocycles. The van der Waals surface area contributed by atoms with Gasteiger partial charge in [0.2, 0.25) is 5.91 Å². The van der Waals surface area contributed by atoms with Crippen molar-refractivity contribution >= 4 is 48.9 Å². The van der Waals surface area contributed by atoms with E-state index in [0.717, 1.165) is 37.0 Å². The number of thiazole rings is 1. The number of amides is 1. The molecule has 1 heterocycles. The molecule has 0 aliphatic rings. The van der Waals surface area contributed by atoms with Crippen LogP contribution in [0.5, 0.6) is 0 Å². The third-order valence-electron chi connectivity index (χ3n) is 5.63. The van der Waals surface area contributed by atoms with Crippen molar-refractivity contribution in [2.45, 2.75) is 38.6 Å². The molecule has 0 bridgehead atoms. The molecular formula is C26H27N3O4S2. The topological polar surface area (TPSA) is 88.5 Å². The number of aromatic nitrogens is 1. The molecule has 4 rings (SSSR count). The summed E-state index contributed by atoms with van der Waals surface area (Å²) >= 11 is 1.11. The number of hydrogen-bond donors (Lipinski definition) is 1. The van der Waals surface area contributed by atoms with Crippen molar-refractivity contribution in [3.05, 3.63) is 87.5 Å². The standard InChI is InChI=1S/C26H27N3O4S2/c1-17(2)29-23-14-9-20(15-24(23)34-26(29)31)27-25(30)16-28(21-10-5-18(3)6-11-21)35(32,33)22-12-7-19(4)8-13-22/h5-15,17H,16H2,1-4H3,(H,27,30). The average molecular weight is 510 g/mol. The second kappa shape index (κ2) is 9.67. The first-order valence-electron chi connectivity index (χ1n) is 11.2. The molecule has 7 nitrogen and oxygen atoms in total. The molecule has 0 spiro atoms. The van der Waals surface area contributed by atoms with Gasteiger partial charge in [-0.3, -0.25) is 18.5 Å². The third kappa shape index (κ3) is 5.16. The van der Waals surface area contributed by atoms with Crippen molar-refractivity contribution in [1.29, 1.82) is 0 Å². The van der Waals surface area contributed by atoms with Crippen LogP contribution < -0.4 is 14.5 Å². The van der Waals surface area contributed by atoms with Crippen molar-refractivity contribution in [3.63, 3.8) is 0 Å².